The molecule has 2 heterocycles. The van der Waals surface area contributed by atoms with E-state index >= 15 is 0 Å². The molecule has 0 spiro atoms. The molecule has 0 atom stereocenters. The fourth-order valence-electron chi connectivity index (χ4n) is 3.71. The Morgan fingerprint density at radius 1 is 0.968 bits per heavy atom. The van der Waals surface area contributed by atoms with Crippen molar-refractivity contribution in [2.45, 2.75) is 40.7 Å². The summed E-state index contributed by atoms with van der Waals surface area (Å²) < 4.78 is 3.09. The van der Waals surface area contributed by atoms with Crippen LogP contribution in [0.2, 0.25) is 0 Å². The lowest BCUT2D eigenvalue weighted by Crippen LogP contribution is -2.26. The zero-order chi connectivity index (χ0) is 22.1. The second-order valence-electron chi connectivity index (χ2n) is 7.77. The molecule has 0 bridgehead atoms. The number of rotatable bonds is 5. The maximum Gasteiger partial charge on any atom is 0.295 e. The van der Waals surface area contributed by atoms with E-state index in [1.165, 1.54) is 10.2 Å². The maximum atomic E-state index is 13.0. The summed E-state index contributed by atoms with van der Waals surface area (Å²) in [5.74, 6) is -0.166. The Morgan fingerprint density at radius 2 is 1.71 bits per heavy atom. The van der Waals surface area contributed by atoms with Gasteiger partial charge < -0.3 is 5.32 Å². The van der Waals surface area contributed by atoms with Crippen molar-refractivity contribution in [2.75, 3.05) is 5.32 Å². The van der Waals surface area contributed by atoms with Gasteiger partial charge in [-0.05, 0) is 63.1 Å². The molecule has 0 aliphatic carbocycles. The topological polar surface area (TPSA) is 81.8 Å². The Hall–Kier alpha value is -3.74. The molecule has 2 aromatic heterocycles. The van der Waals surface area contributed by atoms with E-state index in [1.807, 2.05) is 76.2 Å². The van der Waals surface area contributed by atoms with Crippen molar-refractivity contribution in [3.63, 3.8) is 0 Å². The molecule has 0 aliphatic heterocycles. The smallest absolute Gasteiger partial charge is 0.295 e. The second-order valence-corrected chi connectivity index (χ2v) is 7.77. The van der Waals surface area contributed by atoms with E-state index in [0.717, 1.165) is 28.0 Å². The van der Waals surface area contributed by atoms with Crippen LogP contribution in [0.3, 0.4) is 0 Å². The van der Waals surface area contributed by atoms with Crippen molar-refractivity contribution < 1.29 is 4.79 Å². The second kappa shape index (κ2) is 8.18. The van der Waals surface area contributed by atoms with Gasteiger partial charge in [0.2, 0.25) is 5.91 Å². The third-order valence-electron chi connectivity index (χ3n) is 5.53. The largest absolute Gasteiger partial charge is 0.326 e. The van der Waals surface area contributed by atoms with Gasteiger partial charge in [-0.3, -0.25) is 9.59 Å². The number of carbonyl (C=O) groups excluding carboxylic acids is 1. The van der Waals surface area contributed by atoms with Gasteiger partial charge in [0.25, 0.3) is 5.56 Å². The molecule has 7 heteroatoms. The van der Waals surface area contributed by atoms with Crippen molar-refractivity contribution in [3.8, 4) is 5.69 Å². The van der Waals surface area contributed by atoms with Crippen LogP contribution in [-0.2, 0) is 11.3 Å². The van der Waals surface area contributed by atoms with Gasteiger partial charge in [-0.15, -0.1) is 0 Å². The van der Waals surface area contributed by atoms with E-state index < -0.39 is 0 Å². The van der Waals surface area contributed by atoms with Gasteiger partial charge >= 0.3 is 0 Å². The highest BCUT2D eigenvalue weighted by atomic mass is 16.2. The number of hydrogen-bond donors (Lipinski definition) is 1. The molecule has 0 radical (unpaired) electrons. The number of amides is 1. The van der Waals surface area contributed by atoms with Crippen molar-refractivity contribution in [3.05, 3.63) is 81.4 Å². The number of para-hydroxylation sites is 1. The first-order chi connectivity index (χ1) is 14.8. The van der Waals surface area contributed by atoms with Gasteiger partial charge in [-0.1, -0.05) is 24.3 Å². The standard InChI is InChI=1S/C24H25N5O2/c1-15-10-11-19(14-16(15)2)25-21(30)12-13-28-24(31)23-22(17(3)26-28)18(4)29(27-23)20-8-6-5-7-9-20/h5-11,14H,12-13H2,1-4H3,(H,25,30). The molecule has 31 heavy (non-hydrogen) atoms. The molecule has 0 unspecified atom stereocenters. The maximum absolute atomic E-state index is 13.0. The number of carbonyl (C=O) groups is 1. The summed E-state index contributed by atoms with van der Waals surface area (Å²) in [6.07, 6.45) is 0.142. The lowest BCUT2D eigenvalue weighted by atomic mass is 10.1. The number of nitrogens with one attached hydrogen (secondary N) is 1. The third kappa shape index (κ3) is 3.99. The average molecular weight is 415 g/mol. The minimum atomic E-state index is -0.294. The van der Waals surface area contributed by atoms with Crippen LogP contribution in [0.4, 0.5) is 5.69 Å². The number of anilines is 1. The lowest BCUT2D eigenvalue weighted by Gasteiger charge is -2.09. The molecule has 1 N–H and O–H groups in total. The molecule has 0 saturated heterocycles. The predicted octanol–water partition coefficient (Wildman–Crippen LogP) is 3.84. The first-order valence-corrected chi connectivity index (χ1v) is 10.2. The van der Waals surface area contributed by atoms with Crippen molar-refractivity contribution in [2.24, 2.45) is 0 Å². The predicted molar refractivity (Wildman–Crippen MR) is 122 cm³/mol. The molecule has 1 amide bonds. The van der Waals surface area contributed by atoms with Crippen molar-refractivity contribution in [1.29, 1.82) is 0 Å². The number of aromatic nitrogens is 4. The minimum absolute atomic E-state index is 0.142. The summed E-state index contributed by atoms with van der Waals surface area (Å²) in [4.78, 5) is 25.4. The van der Waals surface area contributed by atoms with E-state index in [4.69, 9.17) is 0 Å². The molecule has 0 fully saturated rings. The first-order valence-electron chi connectivity index (χ1n) is 10.2. The molecule has 2 aromatic carbocycles. The van der Waals surface area contributed by atoms with Crippen LogP contribution >= 0.6 is 0 Å². The fraction of sp³-hybridized carbons (Fsp3) is 0.250. The van der Waals surface area contributed by atoms with Crippen LogP contribution in [0.15, 0.2) is 53.3 Å². The van der Waals surface area contributed by atoms with Gasteiger partial charge in [0.1, 0.15) is 0 Å². The summed E-state index contributed by atoms with van der Waals surface area (Å²) >= 11 is 0. The number of fused-ring (bicyclic) bond motifs is 1. The van der Waals surface area contributed by atoms with E-state index in [2.05, 4.69) is 15.5 Å². The van der Waals surface area contributed by atoms with Crippen LogP contribution < -0.4 is 10.9 Å². The Kier molecular flexibility index (Phi) is 5.42. The van der Waals surface area contributed by atoms with E-state index in [-0.39, 0.29) is 24.4 Å². The van der Waals surface area contributed by atoms with Crippen LogP contribution in [0.5, 0.6) is 0 Å². The highest BCUT2D eigenvalue weighted by Crippen LogP contribution is 2.21. The van der Waals surface area contributed by atoms with E-state index in [0.29, 0.717) is 11.2 Å². The average Bonchev–Trinajstić information content (AvgIpc) is 3.11. The molecule has 4 rings (SSSR count). The molecular weight excluding hydrogens is 390 g/mol. The third-order valence-corrected chi connectivity index (χ3v) is 5.53. The summed E-state index contributed by atoms with van der Waals surface area (Å²) in [5, 5.41) is 12.6. The monoisotopic (exact) mass is 415 g/mol. The van der Waals surface area contributed by atoms with Gasteiger partial charge in [-0.25, -0.2) is 9.36 Å². The Labute approximate surface area is 180 Å². The zero-order valence-electron chi connectivity index (χ0n) is 18.1. The SMILES string of the molecule is Cc1ccc(NC(=O)CCn2nc(C)c3c(C)n(-c4ccccc4)nc3c2=O)cc1C. The first kappa shape index (κ1) is 20.5. The number of benzene rings is 2. The molecule has 7 nitrogen and oxygen atoms in total. The number of nitrogens with zero attached hydrogens (tertiary/aromatic N) is 4. The summed E-state index contributed by atoms with van der Waals surface area (Å²) in [7, 11) is 0. The highest BCUT2D eigenvalue weighted by Gasteiger charge is 2.17. The Balaban J connectivity index is 1.58. The molecular formula is C24H25N5O2. The number of hydrogen-bond acceptors (Lipinski definition) is 4. The van der Waals surface area contributed by atoms with Crippen molar-refractivity contribution in [1.82, 2.24) is 19.6 Å². The van der Waals surface area contributed by atoms with Crippen LogP contribution in [-0.4, -0.2) is 25.5 Å². The quantitative estimate of drug-likeness (QED) is 0.537. The van der Waals surface area contributed by atoms with Gasteiger partial charge in [0, 0.05) is 12.1 Å². The molecule has 0 saturated carbocycles. The molecule has 158 valence electrons. The zero-order valence-corrected chi connectivity index (χ0v) is 18.1. The Bertz CT molecular complexity index is 1340. The van der Waals surface area contributed by atoms with Crippen molar-refractivity contribution >= 4 is 22.5 Å². The number of aryl methyl sites for hydroxylation is 5. The minimum Gasteiger partial charge on any atom is -0.326 e. The molecule has 4 aromatic rings. The van der Waals surface area contributed by atoms with Crippen LogP contribution in [0.25, 0.3) is 16.6 Å². The molecule has 0 aliphatic rings. The summed E-state index contributed by atoms with van der Waals surface area (Å²) in [6.45, 7) is 8.00. The highest BCUT2D eigenvalue weighted by molar-refractivity contribution is 5.90. The summed E-state index contributed by atoms with van der Waals surface area (Å²) in [6, 6.07) is 15.5. The Morgan fingerprint density at radius 3 is 2.42 bits per heavy atom. The normalized spacial score (nSPS) is 11.1. The van der Waals surface area contributed by atoms with Gasteiger partial charge in [-0.2, -0.15) is 10.2 Å². The summed E-state index contributed by atoms with van der Waals surface area (Å²) in [5.41, 5.74) is 5.56. The van der Waals surface area contributed by atoms with E-state index in [9.17, 15) is 9.59 Å². The van der Waals surface area contributed by atoms with E-state index in [1.54, 1.807) is 4.68 Å². The lowest BCUT2D eigenvalue weighted by molar-refractivity contribution is -0.116. The fourth-order valence-corrected chi connectivity index (χ4v) is 3.71. The van der Waals surface area contributed by atoms with Crippen LogP contribution in [0, 0.1) is 27.7 Å². The van der Waals surface area contributed by atoms with Gasteiger partial charge in [0.15, 0.2) is 5.52 Å². The van der Waals surface area contributed by atoms with Crippen LogP contribution in [0.1, 0.15) is 28.9 Å². The van der Waals surface area contributed by atoms with Gasteiger partial charge in [0.05, 0.1) is 29.0 Å².